The summed E-state index contributed by atoms with van der Waals surface area (Å²) in [6.07, 6.45) is 3.29. The Bertz CT molecular complexity index is 316. The monoisotopic (exact) mass is 163 g/mol. The van der Waals surface area contributed by atoms with Gasteiger partial charge < -0.3 is 0 Å². The van der Waals surface area contributed by atoms with E-state index in [-0.39, 0.29) is 5.82 Å². The maximum Gasteiger partial charge on any atom is 0.123 e. The van der Waals surface area contributed by atoms with Gasteiger partial charge in [-0.2, -0.15) is 0 Å². The molecule has 0 unspecified atom stereocenters. The van der Waals surface area contributed by atoms with Gasteiger partial charge in [0.15, 0.2) is 0 Å². The van der Waals surface area contributed by atoms with Crippen LogP contribution in [0.25, 0.3) is 6.08 Å². The van der Waals surface area contributed by atoms with Gasteiger partial charge >= 0.3 is 0 Å². The summed E-state index contributed by atoms with van der Waals surface area (Å²) in [5.41, 5.74) is 1.65. The summed E-state index contributed by atoms with van der Waals surface area (Å²) in [5, 5.41) is 0. The fourth-order valence-corrected chi connectivity index (χ4v) is 0.982. The van der Waals surface area contributed by atoms with Crippen LogP contribution in [0.5, 0.6) is 0 Å². The Morgan fingerprint density at radius 2 is 2.17 bits per heavy atom. The quantitative estimate of drug-likeness (QED) is 0.594. The second kappa shape index (κ2) is 3.81. The summed E-state index contributed by atoms with van der Waals surface area (Å²) in [5.74, 6) is -0.254. The third-order valence-corrected chi connectivity index (χ3v) is 1.54. The van der Waals surface area contributed by atoms with Gasteiger partial charge in [-0.3, -0.25) is 4.99 Å². The summed E-state index contributed by atoms with van der Waals surface area (Å²) in [6.45, 7) is 3.62. The van der Waals surface area contributed by atoms with Gasteiger partial charge in [0.1, 0.15) is 5.82 Å². The van der Waals surface area contributed by atoms with Crippen LogP contribution in [0.3, 0.4) is 0 Å². The number of hydrogen-bond acceptors (Lipinski definition) is 1. The molecule has 0 amide bonds. The van der Waals surface area contributed by atoms with Gasteiger partial charge in [0.2, 0.25) is 0 Å². The fraction of sp³-hybridized carbons (Fsp3) is 0.100. The molecule has 1 aromatic carbocycles. The molecule has 0 fully saturated rings. The third-order valence-electron chi connectivity index (χ3n) is 1.54. The molecule has 1 nitrogen and oxygen atoms in total. The second-order valence-corrected chi connectivity index (χ2v) is 2.36. The predicted octanol–water partition coefficient (Wildman–Crippen LogP) is 2.52. The van der Waals surface area contributed by atoms with Crippen molar-refractivity contribution in [2.75, 3.05) is 7.05 Å². The number of aliphatic imine (C=N–C) groups is 1. The minimum Gasteiger partial charge on any atom is -0.296 e. The zero-order valence-corrected chi connectivity index (χ0v) is 6.92. The lowest BCUT2D eigenvalue weighted by Crippen LogP contribution is -1.88. The topological polar surface area (TPSA) is 12.4 Å². The average Bonchev–Trinajstić information content (AvgIpc) is 2.05. The molecule has 1 aromatic rings. The molecule has 0 saturated heterocycles. The highest BCUT2D eigenvalue weighted by atomic mass is 19.1. The van der Waals surface area contributed by atoms with Crippen LogP contribution < -0.4 is 0 Å². The Morgan fingerprint density at radius 3 is 2.75 bits per heavy atom. The number of hydrogen-bond donors (Lipinski definition) is 0. The normalized spacial score (nSPS) is 10.5. The average molecular weight is 163 g/mol. The van der Waals surface area contributed by atoms with Crippen molar-refractivity contribution in [1.82, 2.24) is 0 Å². The van der Waals surface area contributed by atoms with Crippen LogP contribution in [0.1, 0.15) is 11.1 Å². The Morgan fingerprint density at radius 1 is 1.42 bits per heavy atom. The molecule has 0 radical (unpaired) electrons. The van der Waals surface area contributed by atoms with Crippen LogP contribution in [0, 0.1) is 5.82 Å². The molecule has 0 aliphatic carbocycles. The van der Waals surface area contributed by atoms with Crippen LogP contribution in [0.15, 0.2) is 29.8 Å². The van der Waals surface area contributed by atoms with Crippen molar-refractivity contribution in [3.05, 3.63) is 41.7 Å². The van der Waals surface area contributed by atoms with Gasteiger partial charge in [0.05, 0.1) is 0 Å². The Kier molecular flexibility index (Phi) is 2.75. The molecular formula is C10H10FN. The van der Waals surface area contributed by atoms with E-state index < -0.39 is 0 Å². The first kappa shape index (κ1) is 8.65. The molecular weight excluding hydrogens is 153 g/mol. The van der Waals surface area contributed by atoms with E-state index in [4.69, 9.17) is 0 Å². The molecule has 1 rings (SSSR count). The first-order valence-electron chi connectivity index (χ1n) is 3.62. The molecule has 0 bridgehead atoms. The lowest BCUT2D eigenvalue weighted by atomic mass is 10.1. The zero-order chi connectivity index (χ0) is 8.97. The van der Waals surface area contributed by atoms with E-state index in [1.165, 1.54) is 12.1 Å². The van der Waals surface area contributed by atoms with Crippen molar-refractivity contribution in [1.29, 1.82) is 0 Å². The summed E-state index contributed by atoms with van der Waals surface area (Å²) in [4.78, 5) is 3.82. The van der Waals surface area contributed by atoms with Crippen molar-refractivity contribution >= 4 is 12.3 Å². The van der Waals surface area contributed by atoms with Crippen LogP contribution in [0.2, 0.25) is 0 Å². The van der Waals surface area contributed by atoms with E-state index in [1.807, 2.05) is 0 Å². The van der Waals surface area contributed by atoms with Crippen molar-refractivity contribution in [2.45, 2.75) is 0 Å². The first-order chi connectivity index (χ1) is 5.77. The molecule has 0 aromatic heterocycles. The molecule has 0 N–H and O–H groups in total. The lowest BCUT2D eigenvalue weighted by molar-refractivity contribution is 0.627. The maximum atomic E-state index is 12.7. The van der Waals surface area contributed by atoms with Crippen molar-refractivity contribution in [3.63, 3.8) is 0 Å². The van der Waals surface area contributed by atoms with Gasteiger partial charge in [-0.25, -0.2) is 4.39 Å². The van der Waals surface area contributed by atoms with E-state index in [9.17, 15) is 4.39 Å². The predicted molar refractivity (Wildman–Crippen MR) is 50.0 cm³/mol. The van der Waals surface area contributed by atoms with E-state index >= 15 is 0 Å². The zero-order valence-electron chi connectivity index (χ0n) is 6.92. The number of benzene rings is 1. The molecule has 0 saturated carbocycles. The third kappa shape index (κ3) is 1.78. The molecule has 0 spiro atoms. The second-order valence-electron chi connectivity index (χ2n) is 2.36. The van der Waals surface area contributed by atoms with Crippen LogP contribution in [0.4, 0.5) is 4.39 Å². The van der Waals surface area contributed by atoms with Gasteiger partial charge in [-0.1, -0.05) is 18.7 Å². The lowest BCUT2D eigenvalue weighted by Gasteiger charge is -1.98. The van der Waals surface area contributed by atoms with Gasteiger partial charge in [-0.05, 0) is 17.7 Å². The maximum absolute atomic E-state index is 12.7. The molecule has 0 heterocycles. The highest BCUT2D eigenvalue weighted by molar-refractivity contribution is 5.85. The minimum absolute atomic E-state index is 0.254. The van der Waals surface area contributed by atoms with Gasteiger partial charge in [0.25, 0.3) is 0 Å². The largest absolute Gasteiger partial charge is 0.296 e. The standard InChI is InChI=1S/C10H10FN/c1-3-8-4-5-10(11)6-9(8)7-12-2/h3-7H,1H2,2H3. The summed E-state index contributed by atoms with van der Waals surface area (Å²) in [6, 6.07) is 4.52. The Balaban J connectivity index is 3.20. The highest BCUT2D eigenvalue weighted by Gasteiger charge is 1.97. The smallest absolute Gasteiger partial charge is 0.123 e. The highest BCUT2D eigenvalue weighted by Crippen LogP contribution is 2.10. The number of nitrogens with zero attached hydrogens (tertiary/aromatic N) is 1. The van der Waals surface area contributed by atoms with Crippen LogP contribution in [-0.4, -0.2) is 13.3 Å². The molecule has 12 heavy (non-hydrogen) atoms. The summed E-state index contributed by atoms with van der Waals surface area (Å²) >= 11 is 0. The van der Waals surface area contributed by atoms with Crippen LogP contribution in [-0.2, 0) is 0 Å². The molecule has 0 aliphatic rings. The van der Waals surface area contributed by atoms with Gasteiger partial charge in [0, 0.05) is 18.8 Å². The Hall–Kier alpha value is -1.44. The fourth-order valence-electron chi connectivity index (χ4n) is 0.982. The molecule has 0 atom stereocenters. The molecule has 2 heteroatoms. The van der Waals surface area contributed by atoms with Crippen molar-refractivity contribution in [3.8, 4) is 0 Å². The first-order valence-corrected chi connectivity index (χ1v) is 3.62. The van der Waals surface area contributed by atoms with Gasteiger partial charge in [-0.15, -0.1) is 0 Å². The van der Waals surface area contributed by atoms with Crippen LogP contribution >= 0.6 is 0 Å². The SMILES string of the molecule is C=Cc1ccc(F)cc1C=NC. The van der Waals surface area contributed by atoms with Crippen molar-refractivity contribution < 1.29 is 4.39 Å². The molecule has 62 valence electrons. The van der Waals surface area contributed by atoms with E-state index in [1.54, 1.807) is 25.4 Å². The minimum atomic E-state index is -0.254. The number of halogens is 1. The van der Waals surface area contributed by atoms with E-state index in [2.05, 4.69) is 11.6 Å². The van der Waals surface area contributed by atoms with E-state index in [0.717, 1.165) is 11.1 Å². The summed E-state index contributed by atoms with van der Waals surface area (Å²) < 4.78 is 12.7. The van der Waals surface area contributed by atoms with E-state index in [0.29, 0.717) is 0 Å². The summed E-state index contributed by atoms with van der Waals surface area (Å²) in [7, 11) is 1.65. The molecule has 0 aliphatic heterocycles. The van der Waals surface area contributed by atoms with Crippen molar-refractivity contribution in [2.24, 2.45) is 4.99 Å². The Labute approximate surface area is 71.3 Å². The number of rotatable bonds is 2.